The lowest BCUT2D eigenvalue weighted by molar-refractivity contribution is -0.142. The number of hydrogen-bond donors (Lipinski definition) is 5. The van der Waals surface area contributed by atoms with Crippen LogP contribution in [-0.2, 0) is 14.3 Å². The first-order valence-electron chi connectivity index (χ1n) is 9.60. The van der Waals surface area contributed by atoms with Crippen LogP contribution in [0, 0.1) is 0 Å². The van der Waals surface area contributed by atoms with Crippen molar-refractivity contribution >= 4 is 29.6 Å². The average Bonchev–Trinajstić information content (AvgIpc) is 3.21. The highest BCUT2D eigenvalue weighted by Crippen LogP contribution is 2.21. The lowest BCUT2D eigenvalue weighted by Crippen LogP contribution is -2.46. The second-order valence-corrected chi connectivity index (χ2v) is 7.72. The van der Waals surface area contributed by atoms with Crippen LogP contribution >= 0.6 is 0 Å². The smallest absolute Gasteiger partial charge is 0.412 e. The number of aromatic nitrogens is 1. The van der Waals surface area contributed by atoms with E-state index in [4.69, 9.17) is 19.4 Å². The summed E-state index contributed by atoms with van der Waals surface area (Å²) < 4.78 is 10.5. The molecule has 1 atom stereocenters. The van der Waals surface area contributed by atoms with Crippen LogP contribution in [0.25, 0.3) is 11.5 Å². The standard InChI is InChI=1S/C21H24N4O8/c1-11(16(27)24-14(9-26)19(29)30)22-17(28)15-10-32-18(25-15)12-5-7-13(8-6-12)23-20(31)33-21(2,3)4/h5-8,10,14,26H,1,9H2,2-4H3,(H,22,28)(H,23,31)(H,24,27)(H,29,30)/t14-/m0/s1. The number of amides is 3. The van der Waals surface area contributed by atoms with E-state index in [1.165, 1.54) is 0 Å². The van der Waals surface area contributed by atoms with Crippen LogP contribution in [0.4, 0.5) is 10.5 Å². The zero-order chi connectivity index (χ0) is 24.8. The Balaban J connectivity index is 1.99. The second-order valence-electron chi connectivity index (χ2n) is 7.72. The number of benzene rings is 1. The van der Waals surface area contributed by atoms with Gasteiger partial charge in [0, 0.05) is 11.3 Å². The number of oxazole rings is 1. The molecule has 1 aromatic carbocycles. The van der Waals surface area contributed by atoms with Crippen LogP contribution in [0.2, 0.25) is 0 Å². The first-order chi connectivity index (χ1) is 15.4. The molecule has 2 rings (SSSR count). The van der Waals surface area contributed by atoms with Crippen molar-refractivity contribution in [3.8, 4) is 11.5 Å². The predicted molar refractivity (Wildman–Crippen MR) is 115 cm³/mol. The molecule has 0 fully saturated rings. The lowest BCUT2D eigenvalue weighted by Gasteiger charge is -2.19. The van der Waals surface area contributed by atoms with E-state index in [0.29, 0.717) is 11.3 Å². The minimum Gasteiger partial charge on any atom is -0.480 e. The number of nitrogens with one attached hydrogen (secondary N) is 3. The number of nitrogens with zero attached hydrogens (tertiary/aromatic N) is 1. The number of anilines is 1. The molecule has 0 radical (unpaired) electrons. The average molecular weight is 460 g/mol. The van der Waals surface area contributed by atoms with Gasteiger partial charge < -0.3 is 30.0 Å². The molecule has 0 saturated carbocycles. The van der Waals surface area contributed by atoms with E-state index in [9.17, 15) is 19.2 Å². The minimum absolute atomic E-state index is 0.102. The number of aliphatic carboxylic acids is 1. The van der Waals surface area contributed by atoms with Crippen molar-refractivity contribution in [3.05, 3.63) is 48.5 Å². The molecule has 2 aromatic rings. The van der Waals surface area contributed by atoms with Crippen LogP contribution < -0.4 is 16.0 Å². The van der Waals surface area contributed by atoms with Crippen molar-refractivity contribution < 1.29 is 38.5 Å². The molecule has 5 N–H and O–H groups in total. The van der Waals surface area contributed by atoms with Gasteiger partial charge in [-0.2, -0.15) is 0 Å². The summed E-state index contributed by atoms with van der Waals surface area (Å²) in [4.78, 5) is 50.9. The zero-order valence-electron chi connectivity index (χ0n) is 18.2. The summed E-state index contributed by atoms with van der Waals surface area (Å²) in [5.74, 6) is -3.14. The Morgan fingerprint density at radius 3 is 2.36 bits per heavy atom. The third kappa shape index (κ3) is 7.47. The molecule has 1 aromatic heterocycles. The molecule has 12 nitrogen and oxygen atoms in total. The van der Waals surface area contributed by atoms with Gasteiger partial charge in [-0.1, -0.05) is 6.58 Å². The number of carboxylic acid groups (broad SMARTS) is 1. The summed E-state index contributed by atoms with van der Waals surface area (Å²) in [5, 5.41) is 24.5. The predicted octanol–water partition coefficient (Wildman–Crippen LogP) is 1.49. The molecule has 0 aliphatic heterocycles. The molecule has 0 saturated heterocycles. The molecule has 176 valence electrons. The first kappa shape index (κ1) is 25.1. The summed E-state index contributed by atoms with van der Waals surface area (Å²) in [7, 11) is 0. The molecule has 33 heavy (non-hydrogen) atoms. The van der Waals surface area contributed by atoms with Gasteiger partial charge in [0.25, 0.3) is 11.8 Å². The number of aliphatic hydroxyl groups excluding tert-OH is 1. The molecular formula is C21H24N4O8. The topological polar surface area (TPSA) is 180 Å². The van der Waals surface area contributed by atoms with Gasteiger partial charge >= 0.3 is 12.1 Å². The van der Waals surface area contributed by atoms with Crippen LogP contribution in [0.1, 0.15) is 31.3 Å². The summed E-state index contributed by atoms with van der Waals surface area (Å²) in [6.45, 7) is 7.77. The van der Waals surface area contributed by atoms with Crippen molar-refractivity contribution in [2.24, 2.45) is 0 Å². The number of ether oxygens (including phenoxy) is 1. The molecule has 0 spiro atoms. The number of carbonyl (C=O) groups excluding carboxylic acids is 3. The summed E-state index contributed by atoms with van der Waals surface area (Å²) >= 11 is 0. The van der Waals surface area contributed by atoms with Crippen LogP contribution in [-0.4, -0.2) is 57.3 Å². The first-order valence-corrected chi connectivity index (χ1v) is 9.60. The molecule has 0 aliphatic rings. The van der Waals surface area contributed by atoms with E-state index in [2.05, 4.69) is 22.2 Å². The highest BCUT2D eigenvalue weighted by Gasteiger charge is 2.22. The van der Waals surface area contributed by atoms with Crippen LogP contribution in [0.5, 0.6) is 0 Å². The maximum atomic E-state index is 12.3. The van der Waals surface area contributed by atoms with E-state index >= 15 is 0 Å². The van der Waals surface area contributed by atoms with Gasteiger partial charge in [0.2, 0.25) is 5.89 Å². The van der Waals surface area contributed by atoms with Crippen molar-refractivity contribution in [2.45, 2.75) is 32.4 Å². The zero-order valence-corrected chi connectivity index (χ0v) is 18.2. The quantitative estimate of drug-likeness (QED) is 0.365. The largest absolute Gasteiger partial charge is 0.480 e. The molecule has 1 heterocycles. The number of hydrogen-bond acceptors (Lipinski definition) is 8. The Morgan fingerprint density at radius 2 is 1.82 bits per heavy atom. The van der Waals surface area contributed by atoms with Gasteiger partial charge in [0.05, 0.1) is 12.3 Å². The highest BCUT2D eigenvalue weighted by molar-refractivity contribution is 6.02. The monoisotopic (exact) mass is 460 g/mol. The van der Waals surface area contributed by atoms with E-state index in [-0.39, 0.29) is 11.6 Å². The number of rotatable bonds is 8. The van der Waals surface area contributed by atoms with E-state index in [1.54, 1.807) is 45.0 Å². The fourth-order valence-electron chi connectivity index (χ4n) is 2.32. The normalized spacial score (nSPS) is 11.8. The third-order valence-corrected chi connectivity index (χ3v) is 3.84. The summed E-state index contributed by atoms with van der Waals surface area (Å²) in [6.07, 6.45) is 0.458. The van der Waals surface area contributed by atoms with Crippen LogP contribution in [0.15, 0.2) is 47.2 Å². The highest BCUT2D eigenvalue weighted by atomic mass is 16.6. The Bertz CT molecular complexity index is 1050. The van der Waals surface area contributed by atoms with Gasteiger partial charge in [0.15, 0.2) is 11.7 Å². The fraction of sp³-hybridized carbons (Fsp3) is 0.286. The van der Waals surface area contributed by atoms with Gasteiger partial charge in [-0.25, -0.2) is 14.6 Å². The van der Waals surface area contributed by atoms with E-state index in [0.717, 1.165) is 6.26 Å². The summed E-state index contributed by atoms with van der Waals surface area (Å²) in [6, 6.07) is 4.85. The number of carboxylic acids is 1. The summed E-state index contributed by atoms with van der Waals surface area (Å²) in [5.41, 5.74) is -0.259. The lowest BCUT2D eigenvalue weighted by atomic mass is 10.2. The molecule has 0 aliphatic carbocycles. The van der Waals surface area contributed by atoms with Crippen molar-refractivity contribution in [1.29, 1.82) is 0 Å². The maximum Gasteiger partial charge on any atom is 0.412 e. The van der Waals surface area contributed by atoms with Gasteiger partial charge in [-0.05, 0) is 45.0 Å². The fourth-order valence-corrected chi connectivity index (χ4v) is 2.32. The number of carbonyl (C=O) groups is 4. The molecule has 0 bridgehead atoms. The molecule has 12 heteroatoms. The minimum atomic E-state index is -1.54. The van der Waals surface area contributed by atoms with E-state index in [1.807, 2.05) is 5.32 Å². The maximum absolute atomic E-state index is 12.3. The third-order valence-electron chi connectivity index (χ3n) is 3.84. The van der Waals surface area contributed by atoms with Crippen LogP contribution in [0.3, 0.4) is 0 Å². The Morgan fingerprint density at radius 1 is 1.18 bits per heavy atom. The Hall–Kier alpha value is -4.19. The van der Waals surface area contributed by atoms with Gasteiger partial charge in [-0.3, -0.25) is 14.9 Å². The van der Waals surface area contributed by atoms with E-state index < -0.39 is 47.8 Å². The van der Waals surface area contributed by atoms with Crippen molar-refractivity contribution in [1.82, 2.24) is 15.6 Å². The second kappa shape index (κ2) is 10.4. The van der Waals surface area contributed by atoms with Gasteiger partial charge in [-0.15, -0.1) is 0 Å². The van der Waals surface area contributed by atoms with Gasteiger partial charge in [0.1, 0.15) is 11.9 Å². The van der Waals surface area contributed by atoms with Crippen molar-refractivity contribution in [2.75, 3.05) is 11.9 Å². The molecular weight excluding hydrogens is 436 g/mol. The SMILES string of the molecule is C=C(NC(=O)c1coc(-c2ccc(NC(=O)OC(C)(C)C)cc2)n1)C(=O)N[C@@H](CO)C(=O)O. The Labute approximate surface area is 188 Å². The molecule has 3 amide bonds. The number of aliphatic hydroxyl groups is 1. The van der Waals surface area contributed by atoms with Crippen molar-refractivity contribution in [3.63, 3.8) is 0 Å². The molecule has 0 unspecified atom stereocenters. The Kier molecular flexibility index (Phi) is 7.91.